The van der Waals surface area contributed by atoms with Gasteiger partial charge in [0.15, 0.2) is 5.78 Å². The van der Waals surface area contributed by atoms with Crippen molar-refractivity contribution in [2.24, 2.45) is 17.3 Å². The number of nitrogens with one attached hydrogen (secondary N) is 2. The number of para-hydroxylation sites is 1. The SMILES string of the molecule is CC(C)NC(=O)[C@H]1[C@@H](C(=O)NCc2ccncc2)[C@@]1(C)C(=O)c1ccccc1N. The van der Waals surface area contributed by atoms with Gasteiger partial charge in [-0.15, -0.1) is 0 Å². The van der Waals surface area contributed by atoms with E-state index in [1.165, 1.54) is 0 Å². The summed E-state index contributed by atoms with van der Waals surface area (Å²) in [5, 5.41) is 5.67. The normalized spacial score (nSPS) is 22.8. The Morgan fingerprint density at radius 2 is 1.69 bits per heavy atom. The number of carbonyl (C=O) groups excluding carboxylic acids is 3. The average Bonchev–Trinajstić information content (AvgIpc) is 3.33. The Labute approximate surface area is 170 Å². The third kappa shape index (κ3) is 3.99. The van der Waals surface area contributed by atoms with E-state index in [1.807, 2.05) is 13.8 Å². The number of anilines is 1. The summed E-state index contributed by atoms with van der Waals surface area (Å²) in [4.78, 5) is 42.9. The number of pyridine rings is 1. The van der Waals surface area contributed by atoms with Gasteiger partial charge in [0.05, 0.1) is 17.3 Å². The highest BCUT2D eigenvalue weighted by Crippen LogP contribution is 2.60. The van der Waals surface area contributed by atoms with Crippen LogP contribution in [-0.2, 0) is 16.1 Å². The Hall–Kier alpha value is -3.22. The van der Waals surface area contributed by atoms with Crippen LogP contribution in [0.3, 0.4) is 0 Å². The molecule has 0 radical (unpaired) electrons. The molecule has 2 aromatic rings. The number of amides is 2. The van der Waals surface area contributed by atoms with Crippen LogP contribution in [0.2, 0.25) is 0 Å². The molecule has 152 valence electrons. The fourth-order valence-corrected chi connectivity index (χ4v) is 3.81. The third-order valence-electron chi connectivity index (χ3n) is 5.42. The van der Waals surface area contributed by atoms with Gasteiger partial charge in [0, 0.05) is 36.2 Å². The van der Waals surface area contributed by atoms with Gasteiger partial charge in [-0.05, 0) is 43.7 Å². The molecule has 0 saturated heterocycles. The molecular formula is C22H26N4O3. The lowest BCUT2D eigenvalue weighted by Crippen LogP contribution is -2.34. The fraction of sp³-hybridized carbons (Fsp3) is 0.364. The van der Waals surface area contributed by atoms with E-state index < -0.39 is 17.3 Å². The molecule has 3 atom stereocenters. The summed E-state index contributed by atoms with van der Waals surface area (Å²) in [7, 11) is 0. The Balaban J connectivity index is 1.84. The van der Waals surface area contributed by atoms with Gasteiger partial charge in [0.2, 0.25) is 11.8 Å². The maximum absolute atomic E-state index is 13.3. The quantitative estimate of drug-likeness (QED) is 0.490. The van der Waals surface area contributed by atoms with Crippen molar-refractivity contribution in [1.29, 1.82) is 0 Å². The van der Waals surface area contributed by atoms with Crippen LogP contribution < -0.4 is 16.4 Å². The van der Waals surface area contributed by atoms with Crippen molar-refractivity contribution in [3.8, 4) is 0 Å². The molecule has 0 aliphatic heterocycles. The van der Waals surface area contributed by atoms with Gasteiger partial charge in [-0.3, -0.25) is 19.4 Å². The predicted octanol–water partition coefficient (Wildman–Crippen LogP) is 1.94. The van der Waals surface area contributed by atoms with E-state index in [2.05, 4.69) is 15.6 Å². The molecule has 1 fully saturated rings. The van der Waals surface area contributed by atoms with E-state index in [1.54, 1.807) is 55.7 Å². The van der Waals surface area contributed by atoms with Crippen LogP contribution in [0.4, 0.5) is 5.69 Å². The van der Waals surface area contributed by atoms with Crippen LogP contribution in [0.5, 0.6) is 0 Å². The summed E-state index contributed by atoms with van der Waals surface area (Å²) in [5.74, 6) is -2.40. The van der Waals surface area contributed by atoms with Crippen LogP contribution >= 0.6 is 0 Å². The molecule has 4 N–H and O–H groups in total. The Bertz CT molecular complexity index is 929. The van der Waals surface area contributed by atoms with Gasteiger partial charge in [0.25, 0.3) is 0 Å². The fourth-order valence-electron chi connectivity index (χ4n) is 3.81. The summed E-state index contributed by atoms with van der Waals surface area (Å²) in [6.07, 6.45) is 3.28. The van der Waals surface area contributed by atoms with Crippen molar-refractivity contribution < 1.29 is 14.4 Å². The second-order valence-electron chi connectivity index (χ2n) is 7.89. The molecule has 2 amide bonds. The predicted molar refractivity (Wildman–Crippen MR) is 110 cm³/mol. The standard InChI is InChI=1S/C22H26N4O3/c1-13(2)26-21(29)18-17(20(28)25-12-14-8-10-24-11-9-14)22(18,3)19(27)15-6-4-5-7-16(15)23/h4-11,13,17-18H,12,23H2,1-3H3,(H,25,28)(H,26,29)/t17-,18+,22+/m0/s1. The van der Waals surface area contributed by atoms with Crippen molar-refractivity contribution in [3.63, 3.8) is 0 Å². The number of hydrogen-bond donors (Lipinski definition) is 3. The lowest BCUT2D eigenvalue weighted by molar-refractivity contribution is -0.127. The minimum absolute atomic E-state index is 0.0928. The van der Waals surface area contributed by atoms with Crippen LogP contribution in [0.15, 0.2) is 48.8 Å². The van der Waals surface area contributed by atoms with Crippen LogP contribution in [0.25, 0.3) is 0 Å². The highest BCUT2D eigenvalue weighted by molar-refractivity contribution is 6.14. The van der Waals surface area contributed by atoms with E-state index in [0.29, 0.717) is 17.8 Å². The van der Waals surface area contributed by atoms with E-state index in [0.717, 1.165) is 5.56 Å². The molecule has 1 aromatic heterocycles. The highest BCUT2D eigenvalue weighted by atomic mass is 16.2. The van der Waals surface area contributed by atoms with E-state index >= 15 is 0 Å². The minimum Gasteiger partial charge on any atom is -0.398 e. The maximum atomic E-state index is 13.3. The van der Waals surface area contributed by atoms with Gasteiger partial charge in [0.1, 0.15) is 0 Å². The van der Waals surface area contributed by atoms with Gasteiger partial charge in [-0.2, -0.15) is 0 Å². The van der Waals surface area contributed by atoms with Crippen molar-refractivity contribution in [2.45, 2.75) is 33.4 Å². The second kappa shape index (κ2) is 8.03. The zero-order valence-corrected chi connectivity index (χ0v) is 16.8. The topological polar surface area (TPSA) is 114 Å². The summed E-state index contributed by atoms with van der Waals surface area (Å²) < 4.78 is 0. The van der Waals surface area contributed by atoms with E-state index in [4.69, 9.17) is 5.73 Å². The number of Topliss-reactive ketones (excluding diaryl/α,β-unsaturated/α-hetero) is 1. The first-order valence-electron chi connectivity index (χ1n) is 9.63. The van der Waals surface area contributed by atoms with Crippen molar-refractivity contribution in [2.75, 3.05) is 5.73 Å². The monoisotopic (exact) mass is 394 g/mol. The maximum Gasteiger partial charge on any atom is 0.225 e. The second-order valence-corrected chi connectivity index (χ2v) is 7.89. The first kappa shape index (κ1) is 20.5. The molecular weight excluding hydrogens is 368 g/mol. The summed E-state index contributed by atoms with van der Waals surface area (Å²) >= 11 is 0. The molecule has 1 aliphatic carbocycles. The Morgan fingerprint density at radius 1 is 1.07 bits per heavy atom. The van der Waals surface area contributed by atoms with Crippen molar-refractivity contribution >= 4 is 23.3 Å². The largest absolute Gasteiger partial charge is 0.398 e. The number of nitrogens with two attached hydrogens (primary N) is 1. The molecule has 1 saturated carbocycles. The van der Waals surface area contributed by atoms with E-state index in [9.17, 15) is 14.4 Å². The minimum atomic E-state index is -1.14. The summed E-state index contributed by atoms with van der Waals surface area (Å²) in [5.41, 5.74) is 6.39. The Kier molecular flexibility index (Phi) is 5.68. The first-order chi connectivity index (χ1) is 13.8. The number of hydrogen-bond acceptors (Lipinski definition) is 5. The molecule has 0 spiro atoms. The third-order valence-corrected chi connectivity index (χ3v) is 5.42. The molecule has 7 heteroatoms. The van der Waals surface area contributed by atoms with Crippen LogP contribution in [-0.4, -0.2) is 28.6 Å². The van der Waals surface area contributed by atoms with Gasteiger partial charge in [-0.25, -0.2) is 0 Å². The lowest BCUT2D eigenvalue weighted by Gasteiger charge is -2.14. The zero-order valence-electron chi connectivity index (χ0n) is 16.8. The smallest absolute Gasteiger partial charge is 0.225 e. The number of nitrogen functional groups attached to an aromatic ring is 1. The van der Waals surface area contributed by atoms with Gasteiger partial charge in [-0.1, -0.05) is 19.1 Å². The van der Waals surface area contributed by atoms with Crippen molar-refractivity contribution in [1.82, 2.24) is 15.6 Å². The molecule has 0 unspecified atom stereocenters. The zero-order chi connectivity index (χ0) is 21.2. The highest BCUT2D eigenvalue weighted by Gasteiger charge is 2.72. The molecule has 29 heavy (non-hydrogen) atoms. The number of rotatable bonds is 7. The van der Waals surface area contributed by atoms with E-state index in [-0.39, 0.29) is 23.6 Å². The number of nitrogens with zero attached hydrogens (tertiary/aromatic N) is 1. The molecule has 1 aliphatic rings. The number of ketones is 1. The van der Waals surface area contributed by atoms with Crippen molar-refractivity contribution in [3.05, 3.63) is 59.9 Å². The van der Waals surface area contributed by atoms with Crippen LogP contribution in [0, 0.1) is 17.3 Å². The molecule has 7 nitrogen and oxygen atoms in total. The van der Waals surface area contributed by atoms with Gasteiger partial charge >= 0.3 is 0 Å². The lowest BCUT2D eigenvalue weighted by atomic mass is 9.91. The summed E-state index contributed by atoms with van der Waals surface area (Å²) in [6.45, 7) is 5.65. The number of benzene rings is 1. The average molecular weight is 394 g/mol. The molecule has 1 aromatic carbocycles. The van der Waals surface area contributed by atoms with Crippen LogP contribution in [0.1, 0.15) is 36.7 Å². The Morgan fingerprint density at radius 3 is 2.31 bits per heavy atom. The first-order valence-corrected chi connectivity index (χ1v) is 9.63. The molecule has 1 heterocycles. The summed E-state index contributed by atoms with van der Waals surface area (Å²) in [6, 6.07) is 10.2. The number of carbonyl (C=O) groups is 3. The van der Waals surface area contributed by atoms with Gasteiger partial charge < -0.3 is 16.4 Å². The molecule has 3 rings (SSSR count). The number of aromatic nitrogens is 1. The molecule has 0 bridgehead atoms.